The van der Waals surface area contributed by atoms with Crippen LogP contribution in [0.4, 0.5) is 13.2 Å². The number of carbonyl (C=O) groups is 1. The van der Waals surface area contributed by atoms with Crippen LogP contribution in [0.3, 0.4) is 0 Å². The molecule has 0 atom stereocenters. The number of aromatic amines is 1. The Kier molecular flexibility index (Phi) is 4.98. The maximum Gasteiger partial charge on any atom is 0.573 e. The zero-order chi connectivity index (χ0) is 19.6. The summed E-state index contributed by atoms with van der Waals surface area (Å²) >= 11 is 0. The predicted molar refractivity (Wildman–Crippen MR) is 92.9 cm³/mol. The summed E-state index contributed by atoms with van der Waals surface area (Å²) in [5, 5.41) is 9.64. The number of aromatic nitrogens is 1. The number of fused-ring (bicyclic) bond motifs is 1. The number of alkyl halides is 3. The van der Waals surface area contributed by atoms with Crippen molar-refractivity contribution in [2.24, 2.45) is 0 Å². The minimum absolute atomic E-state index is 0.348. The van der Waals surface area contributed by atoms with Gasteiger partial charge in [0.05, 0.1) is 18.7 Å². The van der Waals surface area contributed by atoms with E-state index in [0.29, 0.717) is 40.1 Å². The van der Waals surface area contributed by atoms with Crippen molar-refractivity contribution in [1.82, 2.24) is 4.98 Å². The van der Waals surface area contributed by atoms with Crippen molar-refractivity contribution in [2.45, 2.75) is 19.7 Å². The Morgan fingerprint density at radius 2 is 1.93 bits per heavy atom. The summed E-state index contributed by atoms with van der Waals surface area (Å²) in [5.41, 5.74) is 1.98. The van der Waals surface area contributed by atoms with E-state index in [0.717, 1.165) is 0 Å². The first-order valence-corrected chi connectivity index (χ1v) is 8.13. The second-order valence-corrected chi connectivity index (χ2v) is 5.73. The van der Waals surface area contributed by atoms with Crippen molar-refractivity contribution in [3.63, 3.8) is 0 Å². The van der Waals surface area contributed by atoms with E-state index in [4.69, 9.17) is 4.74 Å². The molecule has 0 fully saturated rings. The van der Waals surface area contributed by atoms with E-state index in [2.05, 4.69) is 9.72 Å². The maximum absolute atomic E-state index is 12.5. The fourth-order valence-corrected chi connectivity index (χ4v) is 2.94. The highest BCUT2D eigenvalue weighted by Crippen LogP contribution is 2.38. The molecule has 1 aromatic heterocycles. The van der Waals surface area contributed by atoms with E-state index in [9.17, 15) is 23.1 Å². The molecule has 0 aliphatic carbocycles. The zero-order valence-electron chi connectivity index (χ0n) is 14.3. The van der Waals surface area contributed by atoms with Gasteiger partial charge in [-0.3, -0.25) is 4.79 Å². The number of H-pyrrole nitrogens is 1. The number of carboxylic acids is 1. The molecule has 3 rings (SSSR count). The third kappa shape index (κ3) is 4.16. The Morgan fingerprint density at radius 3 is 2.59 bits per heavy atom. The Hall–Kier alpha value is -3.16. The Balaban J connectivity index is 2.19. The van der Waals surface area contributed by atoms with Crippen LogP contribution < -0.4 is 9.47 Å². The molecular weight excluding hydrogens is 363 g/mol. The molecule has 27 heavy (non-hydrogen) atoms. The summed E-state index contributed by atoms with van der Waals surface area (Å²) < 4.78 is 47.1. The van der Waals surface area contributed by atoms with Gasteiger partial charge in [-0.25, -0.2) is 0 Å². The molecule has 3 aromatic rings. The quantitative estimate of drug-likeness (QED) is 0.648. The number of nitrogens with one attached hydrogen (secondary N) is 1. The third-order valence-electron chi connectivity index (χ3n) is 3.90. The number of benzene rings is 2. The van der Waals surface area contributed by atoms with E-state index in [-0.39, 0.29) is 6.42 Å². The zero-order valence-corrected chi connectivity index (χ0v) is 14.3. The molecule has 0 unspecified atom stereocenters. The van der Waals surface area contributed by atoms with Crippen LogP contribution in [0.15, 0.2) is 42.5 Å². The smallest absolute Gasteiger partial charge is 0.493 e. The fraction of sp³-hybridized carbons (Fsp3) is 0.211. The third-order valence-corrected chi connectivity index (χ3v) is 3.90. The highest BCUT2D eigenvalue weighted by molar-refractivity contribution is 5.95. The van der Waals surface area contributed by atoms with Crippen molar-refractivity contribution < 1.29 is 32.5 Å². The molecule has 0 amide bonds. The summed E-state index contributed by atoms with van der Waals surface area (Å²) in [5.74, 6) is -0.969. The first-order chi connectivity index (χ1) is 12.8. The number of ether oxygens (including phenoxy) is 2. The fourth-order valence-electron chi connectivity index (χ4n) is 2.94. The maximum atomic E-state index is 12.5. The van der Waals surface area contributed by atoms with Gasteiger partial charge in [0.1, 0.15) is 11.5 Å². The molecule has 0 saturated heterocycles. The van der Waals surface area contributed by atoms with Crippen LogP contribution in [0, 0.1) is 0 Å². The molecule has 1 heterocycles. The van der Waals surface area contributed by atoms with Gasteiger partial charge in [-0.1, -0.05) is 12.1 Å². The molecule has 142 valence electrons. The molecular formula is C19H16F3NO4. The molecule has 2 N–H and O–H groups in total. The van der Waals surface area contributed by atoms with Crippen molar-refractivity contribution in [1.29, 1.82) is 0 Å². The van der Waals surface area contributed by atoms with Gasteiger partial charge in [0.15, 0.2) is 0 Å². The lowest BCUT2D eigenvalue weighted by Gasteiger charge is -2.10. The number of para-hydroxylation sites is 1. The minimum atomic E-state index is -4.83. The standard InChI is InChI=1S/C19H16F3NO4/c1-2-26-16-6-4-3-5-12(16)18-14(10-17(24)25)13-9-11(27-19(20,21)22)7-8-15(13)23-18/h3-9,23H,2,10H2,1H3,(H,24,25). The average Bonchev–Trinajstić information content (AvgIpc) is 2.91. The molecule has 0 spiro atoms. The first kappa shape index (κ1) is 18.6. The lowest BCUT2D eigenvalue weighted by molar-refractivity contribution is -0.274. The normalized spacial score (nSPS) is 11.6. The van der Waals surface area contributed by atoms with Gasteiger partial charge in [-0.2, -0.15) is 0 Å². The average molecular weight is 379 g/mol. The number of carboxylic acid groups (broad SMARTS) is 1. The number of halogens is 3. The van der Waals surface area contributed by atoms with Crippen molar-refractivity contribution in [3.8, 4) is 22.8 Å². The van der Waals surface area contributed by atoms with E-state index >= 15 is 0 Å². The lowest BCUT2D eigenvalue weighted by Crippen LogP contribution is -2.17. The summed E-state index contributed by atoms with van der Waals surface area (Å²) in [6, 6.07) is 10.8. The lowest BCUT2D eigenvalue weighted by atomic mass is 10.0. The van der Waals surface area contributed by atoms with Crippen LogP contribution in [-0.2, 0) is 11.2 Å². The number of hydrogen-bond acceptors (Lipinski definition) is 3. The summed E-state index contributed by atoms with van der Waals surface area (Å²) in [4.78, 5) is 14.5. The van der Waals surface area contributed by atoms with E-state index in [1.165, 1.54) is 18.2 Å². The van der Waals surface area contributed by atoms with Gasteiger partial charge in [0, 0.05) is 16.5 Å². The van der Waals surface area contributed by atoms with Crippen LogP contribution in [0.1, 0.15) is 12.5 Å². The summed E-state index contributed by atoms with van der Waals surface area (Å²) in [6.07, 6.45) is -5.20. The van der Waals surface area contributed by atoms with Gasteiger partial charge in [-0.05, 0) is 42.8 Å². The Morgan fingerprint density at radius 1 is 1.19 bits per heavy atom. The predicted octanol–water partition coefficient (Wildman–Crippen LogP) is 4.76. The van der Waals surface area contributed by atoms with Crippen LogP contribution in [-0.4, -0.2) is 29.0 Å². The molecule has 0 aliphatic rings. The molecule has 8 heteroatoms. The highest BCUT2D eigenvalue weighted by Gasteiger charge is 2.31. The summed E-state index contributed by atoms with van der Waals surface area (Å²) in [7, 11) is 0. The van der Waals surface area contributed by atoms with Crippen LogP contribution in [0.2, 0.25) is 0 Å². The van der Waals surface area contributed by atoms with Crippen molar-refractivity contribution in [3.05, 3.63) is 48.0 Å². The molecule has 5 nitrogen and oxygen atoms in total. The Bertz CT molecular complexity index is 979. The van der Waals surface area contributed by atoms with Gasteiger partial charge < -0.3 is 19.6 Å². The SMILES string of the molecule is CCOc1ccccc1-c1[nH]c2ccc(OC(F)(F)F)cc2c1CC(=O)O. The molecule has 0 saturated carbocycles. The Labute approximate surface area is 152 Å². The van der Waals surface area contributed by atoms with Crippen LogP contribution in [0.5, 0.6) is 11.5 Å². The van der Waals surface area contributed by atoms with Crippen molar-refractivity contribution >= 4 is 16.9 Å². The molecule has 2 aromatic carbocycles. The monoisotopic (exact) mass is 379 g/mol. The highest BCUT2D eigenvalue weighted by atomic mass is 19.4. The molecule has 0 aliphatic heterocycles. The number of rotatable bonds is 6. The topological polar surface area (TPSA) is 71.5 Å². The van der Waals surface area contributed by atoms with Gasteiger partial charge in [0.2, 0.25) is 0 Å². The number of hydrogen-bond donors (Lipinski definition) is 2. The largest absolute Gasteiger partial charge is 0.573 e. The van der Waals surface area contributed by atoms with E-state index < -0.39 is 18.1 Å². The van der Waals surface area contributed by atoms with Gasteiger partial charge in [-0.15, -0.1) is 13.2 Å². The molecule has 0 bridgehead atoms. The van der Waals surface area contributed by atoms with Crippen LogP contribution in [0.25, 0.3) is 22.2 Å². The first-order valence-electron chi connectivity index (χ1n) is 8.13. The van der Waals surface area contributed by atoms with E-state index in [1.807, 2.05) is 6.92 Å². The molecule has 0 radical (unpaired) electrons. The minimum Gasteiger partial charge on any atom is -0.493 e. The van der Waals surface area contributed by atoms with E-state index in [1.54, 1.807) is 24.3 Å². The number of aliphatic carboxylic acids is 1. The second-order valence-electron chi connectivity index (χ2n) is 5.73. The second kappa shape index (κ2) is 7.22. The van der Waals surface area contributed by atoms with Crippen molar-refractivity contribution in [2.75, 3.05) is 6.61 Å². The van der Waals surface area contributed by atoms with Gasteiger partial charge in [0.25, 0.3) is 0 Å². The van der Waals surface area contributed by atoms with Gasteiger partial charge >= 0.3 is 12.3 Å². The van der Waals surface area contributed by atoms with Crippen LogP contribution >= 0.6 is 0 Å². The summed E-state index contributed by atoms with van der Waals surface area (Å²) in [6.45, 7) is 2.23.